The van der Waals surface area contributed by atoms with Gasteiger partial charge in [-0.2, -0.15) is 0 Å². The van der Waals surface area contributed by atoms with E-state index in [1.54, 1.807) is 0 Å². The molecule has 1 heterocycles. The van der Waals surface area contributed by atoms with Crippen molar-refractivity contribution in [3.63, 3.8) is 0 Å². The lowest BCUT2D eigenvalue weighted by atomic mass is 9.82. The SMILES string of the molecule is CCCCN(CCC)C(C=O)N1CCC(C)(C)CC1. The van der Waals surface area contributed by atoms with Crippen LogP contribution in [0.3, 0.4) is 0 Å². The summed E-state index contributed by atoms with van der Waals surface area (Å²) in [6, 6.07) is 0. The highest BCUT2D eigenvalue weighted by molar-refractivity contribution is 5.57. The van der Waals surface area contributed by atoms with Crippen LogP contribution in [-0.2, 0) is 4.79 Å². The van der Waals surface area contributed by atoms with Crippen LogP contribution in [0.25, 0.3) is 0 Å². The molecule has 0 aromatic heterocycles. The largest absolute Gasteiger partial charge is 0.300 e. The van der Waals surface area contributed by atoms with Gasteiger partial charge in [0.2, 0.25) is 0 Å². The van der Waals surface area contributed by atoms with Gasteiger partial charge in [0, 0.05) is 19.6 Å². The zero-order valence-electron chi connectivity index (χ0n) is 13.3. The summed E-state index contributed by atoms with van der Waals surface area (Å²) >= 11 is 0. The molecule has 0 N–H and O–H groups in total. The predicted octanol–water partition coefficient (Wildman–Crippen LogP) is 3.15. The monoisotopic (exact) mass is 268 g/mol. The molecule has 0 spiro atoms. The summed E-state index contributed by atoms with van der Waals surface area (Å²) in [4.78, 5) is 16.3. The first-order valence-electron chi connectivity index (χ1n) is 7.97. The molecule has 1 aliphatic rings. The Labute approximate surface area is 119 Å². The van der Waals surface area contributed by atoms with E-state index in [9.17, 15) is 4.79 Å². The van der Waals surface area contributed by atoms with Crippen molar-refractivity contribution in [2.75, 3.05) is 26.2 Å². The van der Waals surface area contributed by atoms with E-state index < -0.39 is 0 Å². The summed E-state index contributed by atoms with van der Waals surface area (Å²) in [7, 11) is 0. The minimum Gasteiger partial charge on any atom is -0.300 e. The fraction of sp³-hybridized carbons (Fsp3) is 0.938. The van der Waals surface area contributed by atoms with Gasteiger partial charge >= 0.3 is 0 Å². The van der Waals surface area contributed by atoms with Gasteiger partial charge in [-0.05, 0) is 37.6 Å². The van der Waals surface area contributed by atoms with Crippen molar-refractivity contribution in [3.8, 4) is 0 Å². The second-order valence-electron chi connectivity index (χ2n) is 6.64. The van der Waals surface area contributed by atoms with E-state index in [1.165, 1.54) is 25.7 Å². The number of hydrogen-bond acceptors (Lipinski definition) is 3. The van der Waals surface area contributed by atoms with Gasteiger partial charge in [0.15, 0.2) is 6.29 Å². The van der Waals surface area contributed by atoms with Crippen molar-refractivity contribution >= 4 is 6.29 Å². The molecule has 0 amide bonds. The van der Waals surface area contributed by atoms with E-state index in [4.69, 9.17) is 0 Å². The molecule has 3 heteroatoms. The van der Waals surface area contributed by atoms with Crippen molar-refractivity contribution in [1.82, 2.24) is 9.80 Å². The van der Waals surface area contributed by atoms with Gasteiger partial charge in [0.25, 0.3) is 0 Å². The molecular formula is C16H32N2O. The molecule has 19 heavy (non-hydrogen) atoms. The standard InChI is InChI=1S/C16H32N2O/c1-5-7-11-17(10-6-2)15(14-19)18-12-8-16(3,4)9-13-18/h14-15H,5-13H2,1-4H3. The van der Waals surface area contributed by atoms with E-state index in [0.717, 1.165) is 38.9 Å². The van der Waals surface area contributed by atoms with Crippen molar-refractivity contribution in [1.29, 1.82) is 0 Å². The molecule has 1 unspecified atom stereocenters. The summed E-state index contributed by atoms with van der Waals surface area (Å²) in [6.45, 7) is 13.3. The molecule has 1 aliphatic heterocycles. The molecule has 3 nitrogen and oxygen atoms in total. The van der Waals surface area contributed by atoms with Crippen LogP contribution in [0.15, 0.2) is 0 Å². The number of likely N-dealkylation sites (tertiary alicyclic amines) is 1. The third-order valence-corrected chi connectivity index (χ3v) is 4.33. The highest BCUT2D eigenvalue weighted by atomic mass is 16.1. The van der Waals surface area contributed by atoms with Crippen LogP contribution >= 0.6 is 0 Å². The molecule has 0 radical (unpaired) electrons. The molecule has 0 aliphatic carbocycles. The van der Waals surface area contributed by atoms with E-state index >= 15 is 0 Å². The van der Waals surface area contributed by atoms with Gasteiger partial charge in [-0.1, -0.05) is 34.1 Å². The fourth-order valence-electron chi connectivity index (χ4n) is 2.82. The maximum atomic E-state index is 11.6. The van der Waals surface area contributed by atoms with Gasteiger partial charge in [0.1, 0.15) is 6.17 Å². The molecular weight excluding hydrogens is 236 g/mol. The fourth-order valence-corrected chi connectivity index (χ4v) is 2.82. The first-order chi connectivity index (χ1) is 9.04. The molecule has 1 fully saturated rings. The zero-order valence-corrected chi connectivity index (χ0v) is 13.3. The number of unbranched alkanes of at least 4 members (excludes halogenated alkanes) is 1. The summed E-state index contributed by atoms with van der Waals surface area (Å²) < 4.78 is 0. The Morgan fingerprint density at radius 2 is 1.79 bits per heavy atom. The van der Waals surface area contributed by atoms with Gasteiger partial charge < -0.3 is 4.79 Å². The lowest BCUT2D eigenvalue weighted by molar-refractivity contribution is -0.120. The highest BCUT2D eigenvalue weighted by Gasteiger charge is 2.31. The molecule has 112 valence electrons. The first-order valence-corrected chi connectivity index (χ1v) is 7.97. The van der Waals surface area contributed by atoms with Crippen molar-refractivity contribution in [2.45, 2.75) is 66.0 Å². The van der Waals surface area contributed by atoms with Crippen LogP contribution < -0.4 is 0 Å². The van der Waals surface area contributed by atoms with Crippen LogP contribution in [0.1, 0.15) is 59.8 Å². The molecule has 1 rings (SSSR count). The lowest BCUT2D eigenvalue weighted by Crippen LogP contribution is -2.53. The van der Waals surface area contributed by atoms with Gasteiger partial charge in [0.05, 0.1) is 0 Å². The summed E-state index contributed by atoms with van der Waals surface area (Å²) in [5.41, 5.74) is 0.447. The second kappa shape index (κ2) is 8.01. The summed E-state index contributed by atoms with van der Waals surface area (Å²) in [6.07, 6.45) is 7.05. The Hall–Kier alpha value is -0.410. The Morgan fingerprint density at radius 3 is 2.26 bits per heavy atom. The molecule has 0 aromatic carbocycles. The number of carbonyl (C=O) groups is 1. The number of nitrogens with zero attached hydrogens (tertiary/aromatic N) is 2. The van der Waals surface area contributed by atoms with Crippen molar-refractivity contribution in [2.24, 2.45) is 5.41 Å². The lowest BCUT2D eigenvalue weighted by Gasteiger charge is -2.43. The molecule has 1 atom stereocenters. The number of piperidine rings is 1. The summed E-state index contributed by atoms with van der Waals surface area (Å²) in [5, 5.41) is 0. The van der Waals surface area contributed by atoms with Crippen LogP contribution in [0.4, 0.5) is 0 Å². The van der Waals surface area contributed by atoms with Crippen molar-refractivity contribution in [3.05, 3.63) is 0 Å². The maximum Gasteiger partial charge on any atom is 0.151 e. The van der Waals surface area contributed by atoms with Crippen LogP contribution in [0, 0.1) is 5.41 Å². The third kappa shape index (κ3) is 5.23. The Morgan fingerprint density at radius 1 is 1.16 bits per heavy atom. The second-order valence-corrected chi connectivity index (χ2v) is 6.64. The average Bonchev–Trinajstić information content (AvgIpc) is 2.38. The predicted molar refractivity (Wildman–Crippen MR) is 81.2 cm³/mol. The van der Waals surface area contributed by atoms with E-state index in [2.05, 4.69) is 37.5 Å². The van der Waals surface area contributed by atoms with Gasteiger partial charge in [-0.15, -0.1) is 0 Å². The third-order valence-electron chi connectivity index (χ3n) is 4.33. The number of hydrogen-bond donors (Lipinski definition) is 0. The van der Waals surface area contributed by atoms with Crippen molar-refractivity contribution < 1.29 is 4.79 Å². The highest BCUT2D eigenvalue weighted by Crippen LogP contribution is 2.30. The number of rotatable bonds is 8. The first kappa shape index (κ1) is 16.6. The summed E-state index contributed by atoms with van der Waals surface area (Å²) in [5.74, 6) is 0. The topological polar surface area (TPSA) is 23.6 Å². The normalized spacial score (nSPS) is 21.5. The quantitative estimate of drug-likeness (QED) is 0.632. The number of carbonyl (C=O) groups excluding carboxylic acids is 1. The van der Waals surface area contributed by atoms with Crippen LogP contribution in [0.5, 0.6) is 0 Å². The van der Waals surface area contributed by atoms with Gasteiger partial charge in [-0.3, -0.25) is 9.80 Å². The minimum absolute atomic E-state index is 0.00241. The molecule has 1 saturated heterocycles. The Balaban J connectivity index is 2.60. The van der Waals surface area contributed by atoms with Crippen LogP contribution in [-0.4, -0.2) is 48.4 Å². The Bertz CT molecular complexity index is 255. The molecule has 0 bridgehead atoms. The molecule has 0 saturated carbocycles. The maximum absolute atomic E-state index is 11.6. The minimum atomic E-state index is 0.00241. The molecule has 0 aromatic rings. The van der Waals surface area contributed by atoms with E-state index in [0.29, 0.717) is 5.41 Å². The smallest absolute Gasteiger partial charge is 0.151 e. The Kier molecular flexibility index (Phi) is 7.01. The van der Waals surface area contributed by atoms with Crippen LogP contribution in [0.2, 0.25) is 0 Å². The zero-order chi connectivity index (χ0) is 14.3. The van der Waals surface area contributed by atoms with E-state index in [-0.39, 0.29) is 6.17 Å². The average molecular weight is 268 g/mol. The van der Waals surface area contributed by atoms with Gasteiger partial charge in [-0.25, -0.2) is 0 Å². The number of aldehydes is 1. The van der Waals surface area contributed by atoms with E-state index in [1.807, 2.05) is 0 Å².